The fourth-order valence-corrected chi connectivity index (χ4v) is 2.87. The first kappa shape index (κ1) is 15.7. The highest BCUT2D eigenvalue weighted by atomic mass is 16.4. The molecular formula is C13H20BN5O2. The summed E-state index contributed by atoms with van der Waals surface area (Å²) in [6.45, 7) is 7.47. The molecule has 2 rings (SSSR count). The van der Waals surface area contributed by atoms with E-state index in [1.165, 1.54) is 0 Å². The van der Waals surface area contributed by atoms with Crippen LogP contribution in [0.4, 0.5) is 5.69 Å². The Labute approximate surface area is 124 Å². The number of hydrogen-bond donors (Lipinski definition) is 3. The molecule has 0 aliphatic carbocycles. The summed E-state index contributed by atoms with van der Waals surface area (Å²) < 4.78 is 0. The van der Waals surface area contributed by atoms with Gasteiger partial charge in [-0.15, -0.1) is 0 Å². The third-order valence-corrected chi connectivity index (χ3v) is 4.01. The number of hydrogen-bond acceptors (Lipinski definition) is 5. The largest absolute Gasteiger partial charge is 0.489 e. The predicted molar refractivity (Wildman–Crippen MR) is 83.7 cm³/mol. The van der Waals surface area contributed by atoms with E-state index in [2.05, 4.69) is 20.2 Å². The molecule has 1 aromatic carbocycles. The summed E-state index contributed by atoms with van der Waals surface area (Å²) in [7, 11) is -1.53. The molecule has 1 saturated heterocycles. The summed E-state index contributed by atoms with van der Waals surface area (Å²) >= 11 is 0. The van der Waals surface area contributed by atoms with Gasteiger partial charge in [0.15, 0.2) is 0 Å². The topological polar surface area (TPSA) is 104 Å². The van der Waals surface area contributed by atoms with Crippen molar-refractivity contribution < 1.29 is 10.0 Å². The molecule has 3 N–H and O–H groups in total. The van der Waals surface area contributed by atoms with E-state index in [1.807, 2.05) is 19.9 Å². The minimum absolute atomic E-state index is 0.210. The number of rotatable bonds is 4. The van der Waals surface area contributed by atoms with Gasteiger partial charge in [0.2, 0.25) is 0 Å². The van der Waals surface area contributed by atoms with Crippen LogP contribution in [0, 0.1) is 13.8 Å². The van der Waals surface area contributed by atoms with Crippen LogP contribution in [0.5, 0.6) is 0 Å². The van der Waals surface area contributed by atoms with Gasteiger partial charge in [0.25, 0.3) is 0 Å². The minimum Gasteiger partial charge on any atom is -0.423 e. The molecule has 0 saturated carbocycles. The minimum atomic E-state index is -1.53. The SMILES string of the molecule is Cc1c(CN=[N+]=[N-])cc(N2CCNCC2)c(C)c1B(O)O. The van der Waals surface area contributed by atoms with Gasteiger partial charge < -0.3 is 20.3 Å². The quantitative estimate of drug-likeness (QED) is 0.319. The molecule has 0 unspecified atom stereocenters. The number of azide groups is 1. The molecule has 1 heterocycles. The van der Waals surface area contributed by atoms with Gasteiger partial charge in [-0.25, -0.2) is 0 Å². The summed E-state index contributed by atoms with van der Waals surface area (Å²) in [5, 5.41) is 26.3. The summed E-state index contributed by atoms with van der Waals surface area (Å²) in [6.07, 6.45) is 0. The molecule has 21 heavy (non-hydrogen) atoms. The Morgan fingerprint density at radius 2 is 2.00 bits per heavy atom. The monoisotopic (exact) mass is 289 g/mol. The van der Waals surface area contributed by atoms with Crippen molar-refractivity contribution in [3.63, 3.8) is 0 Å². The molecule has 0 spiro atoms. The first-order chi connectivity index (χ1) is 10.1. The van der Waals surface area contributed by atoms with Crippen molar-refractivity contribution in [2.45, 2.75) is 20.4 Å². The Morgan fingerprint density at radius 1 is 1.33 bits per heavy atom. The Bertz CT molecular complexity index is 566. The van der Waals surface area contributed by atoms with E-state index in [9.17, 15) is 10.0 Å². The molecule has 0 atom stereocenters. The van der Waals surface area contributed by atoms with Crippen molar-refractivity contribution in [3.8, 4) is 0 Å². The molecule has 112 valence electrons. The maximum absolute atomic E-state index is 9.68. The van der Waals surface area contributed by atoms with Gasteiger partial charge in [-0.1, -0.05) is 5.11 Å². The average molecular weight is 289 g/mol. The van der Waals surface area contributed by atoms with Crippen LogP contribution in [-0.2, 0) is 6.54 Å². The molecule has 7 nitrogen and oxygen atoms in total. The van der Waals surface area contributed by atoms with Gasteiger partial charge in [-0.2, -0.15) is 0 Å². The molecule has 0 bridgehead atoms. The van der Waals surface area contributed by atoms with Crippen LogP contribution in [-0.4, -0.2) is 43.3 Å². The van der Waals surface area contributed by atoms with Gasteiger partial charge in [-0.3, -0.25) is 0 Å². The van der Waals surface area contributed by atoms with Crippen LogP contribution in [0.1, 0.15) is 16.7 Å². The Kier molecular flexibility index (Phi) is 5.09. The van der Waals surface area contributed by atoms with Crippen molar-refractivity contribution in [1.29, 1.82) is 0 Å². The van der Waals surface area contributed by atoms with Crippen LogP contribution < -0.4 is 15.7 Å². The molecule has 8 heteroatoms. The van der Waals surface area contributed by atoms with E-state index < -0.39 is 7.12 Å². The molecule has 1 aliphatic heterocycles. The Balaban J connectivity index is 2.52. The molecule has 1 fully saturated rings. The van der Waals surface area contributed by atoms with Gasteiger partial charge in [0.1, 0.15) is 0 Å². The number of nitrogens with zero attached hydrogens (tertiary/aromatic N) is 4. The zero-order chi connectivity index (χ0) is 15.4. The van der Waals surface area contributed by atoms with Gasteiger partial charge in [0.05, 0.1) is 6.54 Å². The third-order valence-electron chi connectivity index (χ3n) is 4.01. The fraction of sp³-hybridized carbons (Fsp3) is 0.538. The van der Waals surface area contributed by atoms with Crippen molar-refractivity contribution in [3.05, 3.63) is 33.2 Å². The fourth-order valence-electron chi connectivity index (χ4n) is 2.87. The lowest BCUT2D eigenvalue weighted by Gasteiger charge is -2.32. The van der Waals surface area contributed by atoms with Crippen molar-refractivity contribution >= 4 is 18.3 Å². The molecule has 0 radical (unpaired) electrons. The number of benzene rings is 1. The van der Waals surface area contributed by atoms with Crippen molar-refractivity contribution in [1.82, 2.24) is 5.32 Å². The highest BCUT2D eigenvalue weighted by Gasteiger charge is 2.24. The third kappa shape index (κ3) is 3.30. The van der Waals surface area contributed by atoms with Crippen molar-refractivity contribution in [2.24, 2.45) is 5.11 Å². The van der Waals surface area contributed by atoms with E-state index in [1.54, 1.807) is 0 Å². The van der Waals surface area contributed by atoms with Crippen LogP contribution >= 0.6 is 0 Å². The van der Waals surface area contributed by atoms with Crippen LogP contribution in [0.25, 0.3) is 10.4 Å². The zero-order valence-corrected chi connectivity index (χ0v) is 12.4. The van der Waals surface area contributed by atoms with Gasteiger partial charge >= 0.3 is 7.12 Å². The molecule has 1 aromatic rings. The van der Waals surface area contributed by atoms with E-state index in [0.29, 0.717) is 5.46 Å². The van der Waals surface area contributed by atoms with Crippen molar-refractivity contribution in [2.75, 3.05) is 31.1 Å². The molecule has 0 amide bonds. The van der Waals surface area contributed by atoms with Crippen LogP contribution in [0.15, 0.2) is 11.2 Å². The van der Waals surface area contributed by atoms with Gasteiger partial charge in [0, 0.05) is 36.8 Å². The van der Waals surface area contributed by atoms with E-state index in [-0.39, 0.29) is 6.54 Å². The van der Waals surface area contributed by atoms with E-state index >= 15 is 0 Å². The smallest absolute Gasteiger partial charge is 0.423 e. The normalized spacial score (nSPS) is 14.8. The number of piperazine rings is 1. The maximum Gasteiger partial charge on any atom is 0.489 e. The lowest BCUT2D eigenvalue weighted by Crippen LogP contribution is -2.45. The second kappa shape index (κ2) is 6.82. The maximum atomic E-state index is 9.68. The van der Waals surface area contributed by atoms with E-state index in [0.717, 1.165) is 48.6 Å². The predicted octanol–water partition coefficient (Wildman–Crippen LogP) is 0.203. The summed E-state index contributed by atoms with van der Waals surface area (Å²) in [4.78, 5) is 5.01. The second-order valence-electron chi connectivity index (χ2n) is 5.22. The highest BCUT2D eigenvalue weighted by Crippen LogP contribution is 2.24. The molecular weight excluding hydrogens is 269 g/mol. The lowest BCUT2D eigenvalue weighted by atomic mass is 9.72. The summed E-state index contributed by atoms with van der Waals surface area (Å²) in [5.41, 5.74) is 12.5. The summed E-state index contributed by atoms with van der Waals surface area (Å²) in [5.74, 6) is 0. The molecule has 1 aliphatic rings. The van der Waals surface area contributed by atoms with E-state index in [4.69, 9.17) is 5.53 Å². The molecule has 0 aromatic heterocycles. The lowest BCUT2D eigenvalue weighted by molar-refractivity contribution is 0.425. The van der Waals surface area contributed by atoms with Crippen LogP contribution in [0.3, 0.4) is 0 Å². The van der Waals surface area contributed by atoms with Crippen LogP contribution in [0.2, 0.25) is 0 Å². The first-order valence-corrected chi connectivity index (χ1v) is 7.02. The summed E-state index contributed by atoms with van der Waals surface area (Å²) in [6, 6.07) is 2.00. The standard InChI is InChI=1S/C13H20BN5O2/c1-9-11(8-17-18-15)7-12(10(2)13(9)14(20)21)19-5-3-16-4-6-19/h7,16,20-21H,3-6,8H2,1-2H3. The highest BCUT2D eigenvalue weighted by molar-refractivity contribution is 6.60. The number of nitrogens with one attached hydrogen (secondary N) is 1. The Morgan fingerprint density at radius 3 is 2.57 bits per heavy atom. The Hall–Kier alpha value is -1.73. The average Bonchev–Trinajstić information content (AvgIpc) is 2.47. The van der Waals surface area contributed by atoms with Gasteiger partial charge in [-0.05, 0) is 47.6 Å². The second-order valence-corrected chi connectivity index (χ2v) is 5.22. The first-order valence-electron chi connectivity index (χ1n) is 7.02. The zero-order valence-electron chi connectivity index (χ0n) is 12.4. The number of anilines is 1.